The number of nitrogens with zero attached hydrogens (tertiary/aromatic N) is 3. The molecule has 0 aliphatic carbocycles. The summed E-state index contributed by atoms with van der Waals surface area (Å²) in [6.45, 7) is 4.61. The Morgan fingerprint density at radius 3 is 2.54 bits per heavy atom. The lowest BCUT2D eigenvalue weighted by Crippen LogP contribution is -2.44. The van der Waals surface area contributed by atoms with Gasteiger partial charge in [-0.2, -0.15) is 18.2 Å². The van der Waals surface area contributed by atoms with Gasteiger partial charge in [-0.1, -0.05) is 13.5 Å². The number of nitrogens with two attached hydrogens (primary N) is 1. The molecular weight excluding hydrogens is 548 g/mol. The highest BCUT2D eigenvalue weighted by Crippen LogP contribution is 2.30. The van der Waals surface area contributed by atoms with Crippen LogP contribution >= 0.6 is 0 Å². The van der Waals surface area contributed by atoms with Crippen molar-refractivity contribution in [2.75, 3.05) is 30.3 Å². The first-order chi connectivity index (χ1) is 19.4. The monoisotopic (exact) mass is 578 g/mol. The number of anilines is 2. The molecule has 2 heterocycles. The van der Waals surface area contributed by atoms with Crippen LogP contribution in [-0.2, 0) is 11.2 Å². The molecule has 1 aromatic carbocycles. The number of rotatable bonds is 12. The van der Waals surface area contributed by atoms with Crippen molar-refractivity contribution < 1.29 is 31.9 Å². The van der Waals surface area contributed by atoms with Crippen LogP contribution in [0.5, 0.6) is 11.6 Å². The predicted molar refractivity (Wildman–Crippen MR) is 144 cm³/mol. The molecule has 6 N–H and O–H groups in total. The number of benzene rings is 1. The molecule has 41 heavy (non-hydrogen) atoms. The van der Waals surface area contributed by atoms with Crippen LogP contribution in [0.4, 0.5) is 29.1 Å². The Labute approximate surface area is 233 Å². The highest BCUT2D eigenvalue weighted by molar-refractivity contribution is 5.99. The minimum atomic E-state index is -4.26. The maximum atomic E-state index is 14.6. The van der Waals surface area contributed by atoms with E-state index in [0.29, 0.717) is 12.8 Å². The molecule has 0 saturated carbocycles. The Bertz CT molecular complexity index is 1320. The summed E-state index contributed by atoms with van der Waals surface area (Å²) in [6, 6.07) is 3.50. The van der Waals surface area contributed by atoms with Gasteiger partial charge in [0.15, 0.2) is 23.1 Å². The fourth-order valence-corrected chi connectivity index (χ4v) is 3.95. The minimum absolute atomic E-state index is 0.134. The third-order valence-electron chi connectivity index (χ3n) is 5.97. The highest BCUT2D eigenvalue weighted by atomic mass is 19.4. The number of allylic oxidation sites excluding steroid dienone is 1. The van der Waals surface area contributed by atoms with Gasteiger partial charge in [-0.05, 0) is 37.5 Å². The standard InChI is InChI=1S/C26H30F4N8O3/c1-3-19-25(41-20-11-16(5-6-18(20)27)34-21(39)4-2)37-24(22(36-19)23(32)40)35-17(12-31)13-33-15-7-9-38(10-8-15)14-26(28,29)30/h4-6,11-13,15,31,33H,2-3,7-10,14H2,1H3,(H2,32,40)(H,34,39)(H,35,37)/b17-13+,31-12?. The van der Waals surface area contributed by atoms with Gasteiger partial charge in [0.2, 0.25) is 11.8 Å². The molecule has 1 saturated heterocycles. The Morgan fingerprint density at radius 2 is 1.95 bits per heavy atom. The van der Waals surface area contributed by atoms with Crippen LogP contribution in [0.15, 0.2) is 42.8 Å². The number of carbonyl (C=O) groups excluding carboxylic acids is 2. The van der Waals surface area contributed by atoms with Gasteiger partial charge >= 0.3 is 6.18 Å². The Balaban J connectivity index is 1.81. The quantitative estimate of drug-likeness (QED) is 0.145. The van der Waals surface area contributed by atoms with Crippen molar-refractivity contribution in [3.8, 4) is 11.6 Å². The molecule has 0 atom stereocenters. The molecule has 11 nitrogen and oxygen atoms in total. The van der Waals surface area contributed by atoms with Crippen LogP contribution < -0.4 is 26.4 Å². The maximum Gasteiger partial charge on any atom is 0.401 e. The number of hydrogen-bond acceptors (Lipinski definition) is 9. The molecule has 15 heteroatoms. The van der Waals surface area contributed by atoms with Gasteiger partial charge in [-0.25, -0.2) is 9.37 Å². The fourth-order valence-electron chi connectivity index (χ4n) is 3.95. The maximum absolute atomic E-state index is 14.6. The van der Waals surface area contributed by atoms with Crippen molar-refractivity contribution in [3.63, 3.8) is 0 Å². The van der Waals surface area contributed by atoms with Crippen molar-refractivity contribution in [3.05, 3.63) is 60.0 Å². The summed E-state index contributed by atoms with van der Waals surface area (Å²) in [5, 5.41) is 16.1. The van der Waals surface area contributed by atoms with E-state index >= 15 is 0 Å². The van der Waals surface area contributed by atoms with E-state index in [2.05, 4.69) is 32.5 Å². The summed E-state index contributed by atoms with van der Waals surface area (Å²) < 4.78 is 58.2. The zero-order valence-corrected chi connectivity index (χ0v) is 22.1. The molecule has 1 fully saturated rings. The lowest BCUT2D eigenvalue weighted by Gasteiger charge is -2.32. The van der Waals surface area contributed by atoms with Gasteiger partial charge in [0.05, 0.1) is 12.2 Å². The number of carbonyl (C=O) groups is 2. The molecular formula is C26H30F4N8O3. The molecule has 1 aliphatic heterocycles. The average Bonchev–Trinajstić information content (AvgIpc) is 2.92. The number of likely N-dealkylation sites (tertiary alicyclic amines) is 1. The summed E-state index contributed by atoms with van der Waals surface area (Å²) in [5.41, 5.74) is 5.80. The fraction of sp³-hybridized carbons (Fsp3) is 0.346. The molecule has 0 bridgehead atoms. The lowest BCUT2D eigenvalue weighted by atomic mass is 10.1. The largest absolute Gasteiger partial charge is 0.434 e. The van der Waals surface area contributed by atoms with Gasteiger partial charge in [0.25, 0.3) is 5.91 Å². The third kappa shape index (κ3) is 8.99. The number of ether oxygens (including phenoxy) is 1. The van der Waals surface area contributed by atoms with Crippen molar-refractivity contribution >= 4 is 29.5 Å². The van der Waals surface area contributed by atoms with Gasteiger partial charge < -0.3 is 31.8 Å². The number of hydrogen-bond donors (Lipinski definition) is 5. The van der Waals surface area contributed by atoms with E-state index in [0.717, 1.165) is 18.4 Å². The molecule has 2 aromatic rings. The third-order valence-corrected chi connectivity index (χ3v) is 5.97. The summed E-state index contributed by atoms with van der Waals surface area (Å²) in [6.07, 6.45) is 0.282. The SMILES string of the molecule is C=CC(=O)Nc1ccc(F)c(Oc2nc(N/C(C=N)=C/NC3CCN(CC(F)(F)F)CC3)c(C(N)=O)nc2CC)c1. The van der Waals surface area contributed by atoms with E-state index in [9.17, 15) is 27.2 Å². The molecule has 2 amide bonds. The van der Waals surface area contributed by atoms with Crippen molar-refractivity contribution in [1.82, 2.24) is 20.2 Å². The van der Waals surface area contributed by atoms with Gasteiger partial charge in [-0.3, -0.25) is 14.5 Å². The first-order valence-corrected chi connectivity index (χ1v) is 12.6. The smallest absolute Gasteiger partial charge is 0.401 e. The van der Waals surface area contributed by atoms with Gasteiger partial charge in [0, 0.05) is 43.3 Å². The molecule has 3 rings (SSSR count). The number of aromatic nitrogens is 2. The first-order valence-electron chi connectivity index (χ1n) is 12.6. The van der Waals surface area contributed by atoms with Gasteiger partial charge in [0.1, 0.15) is 5.69 Å². The Hall–Kier alpha value is -4.53. The second-order valence-electron chi connectivity index (χ2n) is 9.03. The van der Waals surface area contributed by atoms with Crippen molar-refractivity contribution in [2.45, 2.75) is 38.4 Å². The molecule has 0 unspecified atom stereocenters. The van der Waals surface area contributed by atoms with E-state index in [1.807, 2.05) is 0 Å². The first kappa shape index (κ1) is 31.0. The second-order valence-corrected chi connectivity index (χ2v) is 9.03. The summed E-state index contributed by atoms with van der Waals surface area (Å²) in [5.74, 6) is -2.80. The number of primary amides is 1. The highest BCUT2D eigenvalue weighted by Gasteiger charge is 2.32. The van der Waals surface area contributed by atoms with Crippen LogP contribution in [0, 0.1) is 11.2 Å². The van der Waals surface area contributed by atoms with Crippen molar-refractivity contribution in [1.29, 1.82) is 5.41 Å². The molecule has 1 aliphatic rings. The Kier molecular flexibility index (Phi) is 10.4. The summed E-state index contributed by atoms with van der Waals surface area (Å²) in [7, 11) is 0. The van der Waals surface area contributed by atoms with Crippen LogP contribution in [0.2, 0.25) is 0 Å². The normalized spacial score (nSPS) is 14.7. The lowest BCUT2D eigenvalue weighted by molar-refractivity contribution is -0.148. The Morgan fingerprint density at radius 1 is 1.24 bits per heavy atom. The predicted octanol–water partition coefficient (Wildman–Crippen LogP) is 3.71. The molecule has 220 valence electrons. The average molecular weight is 579 g/mol. The number of nitrogens with one attached hydrogen (secondary N) is 4. The number of amides is 2. The van der Waals surface area contributed by atoms with Crippen molar-refractivity contribution in [2.24, 2.45) is 5.73 Å². The minimum Gasteiger partial charge on any atom is -0.434 e. The van der Waals surface area contributed by atoms with Crippen LogP contribution in [0.1, 0.15) is 35.9 Å². The molecule has 1 aromatic heterocycles. The van der Waals surface area contributed by atoms with E-state index in [-0.39, 0.29) is 65.8 Å². The summed E-state index contributed by atoms with van der Waals surface area (Å²) in [4.78, 5) is 33.6. The number of piperidine rings is 1. The molecule has 0 radical (unpaired) electrons. The van der Waals surface area contributed by atoms with Crippen LogP contribution in [0.3, 0.4) is 0 Å². The topological polar surface area (TPSA) is 158 Å². The number of aryl methyl sites for hydroxylation is 1. The van der Waals surface area contributed by atoms with E-state index in [4.69, 9.17) is 15.9 Å². The zero-order valence-electron chi connectivity index (χ0n) is 22.1. The number of halogens is 4. The van der Waals surface area contributed by atoms with E-state index < -0.39 is 30.4 Å². The zero-order chi connectivity index (χ0) is 30.2. The van der Waals surface area contributed by atoms with E-state index in [1.165, 1.54) is 23.2 Å². The number of alkyl halides is 3. The molecule has 0 spiro atoms. The van der Waals surface area contributed by atoms with Crippen LogP contribution in [0.25, 0.3) is 0 Å². The van der Waals surface area contributed by atoms with Gasteiger partial charge in [-0.15, -0.1) is 0 Å². The van der Waals surface area contributed by atoms with Crippen LogP contribution in [-0.4, -0.2) is 64.7 Å². The van der Waals surface area contributed by atoms with E-state index in [1.54, 1.807) is 6.92 Å². The second kappa shape index (κ2) is 13.7. The summed E-state index contributed by atoms with van der Waals surface area (Å²) >= 11 is 0.